The van der Waals surface area contributed by atoms with Crippen molar-refractivity contribution in [3.05, 3.63) is 35.9 Å². The van der Waals surface area contributed by atoms with Gasteiger partial charge in [-0.05, 0) is 18.4 Å². The van der Waals surface area contributed by atoms with Gasteiger partial charge in [0, 0.05) is 0 Å². The second-order valence-corrected chi connectivity index (χ2v) is 6.37. The lowest BCUT2D eigenvalue weighted by Gasteiger charge is -2.23. The third-order valence-electron chi connectivity index (χ3n) is 4.14. The zero-order valence-electron chi connectivity index (χ0n) is 17.0. The monoisotopic (exact) mass is 407 g/mol. The number of alkyl carbamates (subject to hydrolysis) is 1. The third-order valence-corrected chi connectivity index (χ3v) is 4.14. The normalized spacial score (nSPS) is 12.2. The van der Waals surface area contributed by atoms with E-state index in [-0.39, 0.29) is 32.2 Å². The van der Waals surface area contributed by atoms with Crippen molar-refractivity contribution in [1.82, 2.24) is 16.0 Å². The Balaban J connectivity index is 2.49. The highest BCUT2D eigenvalue weighted by molar-refractivity contribution is 5.90. The Morgan fingerprint density at radius 2 is 1.66 bits per heavy atom. The number of rotatable bonds is 11. The molecule has 0 bridgehead atoms. The highest BCUT2D eigenvalue weighted by atomic mass is 16.5. The fourth-order valence-corrected chi connectivity index (χ4v) is 2.32. The summed E-state index contributed by atoms with van der Waals surface area (Å²) in [5.74, 6) is -1.79. The maximum atomic E-state index is 12.4. The first-order valence-electron chi connectivity index (χ1n) is 9.54. The van der Waals surface area contributed by atoms with Crippen LogP contribution in [0.4, 0.5) is 4.79 Å². The van der Waals surface area contributed by atoms with Crippen molar-refractivity contribution in [2.75, 3.05) is 19.7 Å². The van der Waals surface area contributed by atoms with Crippen LogP contribution in [0.3, 0.4) is 0 Å². The molecule has 1 rings (SSSR count). The molecule has 29 heavy (non-hydrogen) atoms. The van der Waals surface area contributed by atoms with Crippen LogP contribution in [0.2, 0.25) is 0 Å². The largest absolute Gasteiger partial charge is 0.465 e. The molecule has 0 heterocycles. The lowest BCUT2D eigenvalue weighted by atomic mass is 9.98. The molecular formula is C20H29N3O6. The van der Waals surface area contributed by atoms with Gasteiger partial charge in [-0.2, -0.15) is 0 Å². The quantitative estimate of drug-likeness (QED) is 0.473. The Kier molecular flexibility index (Phi) is 10.8. The van der Waals surface area contributed by atoms with Gasteiger partial charge in [0.2, 0.25) is 11.8 Å². The van der Waals surface area contributed by atoms with Gasteiger partial charge in [0.1, 0.15) is 19.2 Å². The zero-order valence-corrected chi connectivity index (χ0v) is 17.0. The summed E-state index contributed by atoms with van der Waals surface area (Å²) in [6.45, 7) is 5.04. The molecule has 0 aliphatic rings. The molecule has 0 saturated carbocycles. The number of carbonyl (C=O) groups is 4. The minimum Gasteiger partial charge on any atom is -0.465 e. The summed E-state index contributed by atoms with van der Waals surface area (Å²) in [4.78, 5) is 47.5. The maximum Gasteiger partial charge on any atom is 0.408 e. The van der Waals surface area contributed by atoms with Crippen LogP contribution < -0.4 is 16.0 Å². The molecule has 0 spiro atoms. The Hall–Kier alpha value is -3.10. The number of esters is 1. The van der Waals surface area contributed by atoms with Gasteiger partial charge in [0.25, 0.3) is 0 Å². The predicted octanol–water partition coefficient (Wildman–Crippen LogP) is 1.12. The number of hydrogen-bond donors (Lipinski definition) is 3. The van der Waals surface area contributed by atoms with Crippen LogP contribution in [0, 0.1) is 5.92 Å². The van der Waals surface area contributed by atoms with E-state index in [4.69, 9.17) is 9.47 Å². The van der Waals surface area contributed by atoms with Crippen molar-refractivity contribution in [1.29, 1.82) is 0 Å². The van der Waals surface area contributed by atoms with Crippen molar-refractivity contribution < 1.29 is 28.7 Å². The average Bonchev–Trinajstić information content (AvgIpc) is 2.73. The van der Waals surface area contributed by atoms with Crippen LogP contribution in [-0.4, -0.2) is 49.6 Å². The molecule has 0 radical (unpaired) electrons. The molecule has 0 aromatic heterocycles. The SMILES string of the molecule is CCOC(=O)CNC(=O)CNC(=O)[C@@H](NC(=O)OCc1ccccc1)[C@@H](C)CC. The van der Waals surface area contributed by atoms with Gasteiger partial charge in [0.05, 0.1) is 13.2 Å². The molecule has 3 N–H and O–H groups in total. The first-order valence-corrected chi connectivity index (χ1v) is 9.54. The lowest BCUT2D eigenvalue weighted by Crippen LogP contribution is -2.52. The van der Waals surface area contributed by atoms with Crippen molar-refractivity contribution in [3.8, 4) is 0 Å². The average molecular weight is 407 g/mol. The summed E-state index contributed by atoms with van der Waals surface area (Å²) in [5, 5.41) is 7.35. The van der Waals surface area contributed by atoms with Crippen LogP contribution in [0.15, 0.2) is 30.3 Å². The summed E-state index contributed by atoms with van der Waals surface area (Å²) in [7, 11) is 0. The molecule has 0 unspecified atom stereocenters. The topological polar surface area (TPSA) is 123 Å². The minimum atomic E-state index is -0.860. The maximum absolute atomic E-state index is 12.4. The summed E-state index contributed by atoms with van der Waals surface area (Å²) >= 11 is 0. The molecule has 0 aliphatic heterocycles. The molecule has 2 atom stereocenters. The molecule has 1 aromatic rings. The number of amides is 3. The Morgan fingerprint density at radius 3 is 2.28 bits per heavy atom. The van der Waals surface area contributed by atoms with E-state index in [2.05, 4.69) is 16.0 Å². The van der Waals surface area contributed by atoms with Crippen LogP contribution in [0.25, 0.3) is 0 Å². The second-order valence-electron chi connectivity index (χ2n) is 6.37. The van der Waals surface area contributed by atoms with Crippen LogP contribution >= 0.6 is 0 Å². The van der Waals surface area contributed by atoms with Crippen molar-refractivity contribution >= 4 is 23.9 Å². The summed E-state index contributed by atoms with van der Waals surface area (Å²) in [6.07, 6.45) is -0.0902. The van der Waals surface area contributed by atoms with E-state index < -0.39 is 29.9 Å². The molecule has 160 valence electrons. The molecule has 9 nitrogen and oxygen atoms in total. The highest BCUT2D eigenvalue weighted by Gasteiger charge is 2.26. The van der Waals surface area contributed by atoms with E-state index in [1.807, 2.05) is 44.2 Å². The smallest absolute Gasteiger partial charge is 0.408 e. The molecule has 3 amide bonds. The Morgan fingerprint density at radius 1 is 0.966 bits per heavy atom. The summed E-state index contributed by atoms with van der Waals surface area (Å²) < 4.78 is 9.85. The van der Waals surface area contributed by atoms with Gasteiger partial charge in [-0.3, -0.25) is 14.4 Å². The number of carbonyl (C=O) groups excluding carboxylic acids is 4. The molecule has 0 saturated heterocycles. The van der Waals surface area contributed by atoms with Crippen LogP contribution in [-0.2, 0) is 30.5 Å². The standard InChI is InChI=1S/C20H29N3O6/c1-4-14(3)18(23-20(27)29-13-15-9-7-6-8-10-15)19(26)22-11-16(24)21-12-17(25)28-5-2/h6-10,14,18H,4-5,11-13H2,1-3H3,(H,21,24)(H,22,26)(H,23,27)/t14-,18-/m0/s1. The van der Waals surface area contributed by atoms with Crippen LogP contribution in [0.5, 0.6) is 0 Å². The summed E-state index contributed by atoms with van der Waals surface area (Å²) in [5.41, 5.74) is 0.825. The van der Waals surface area contributed by atoms with E-state index in [0.717, 1.165) is 5.56 Å². The summed E-state index contributed by atoms with van der Waals surface area (Å²) in [6, 6.07) is 8.30. The first kappa shape index (κ1) is 23.9. The molecular weight excluding hydrogens is 378 g/mol. The Labute approximate surface area is 170 Å². The second kappa shape index (κ2) is 13.1. The zero-order chi connectivity index (χ0) is 21.6. The van der Waals surface area contributed by atoms with Crippen molar-refractivity contribution in [3.63, 3.8) is 0 Å². The van der Waals surface area contributed by atoms with Gasteiger partial charge in [-0.1, -0.05) is 50.6 Å². The van der Waals surface area contributed by atoms with E-state index in [1.54, 1.807) is 6.92 Å². The first-order chi connectivity index (χ1) is 13.9. The van der Waals surface area contributed by atoms with E-state index in [0.29, 0.717) is 6.42 Å². The van der Waals surface area contributed by atoms with E-state index in [1.165, 1.54) is 0 Å². The van der Waals surface area contributed by atoms with Gasteiger partial charge in [-0.25, -0.2) is 4.79 Å². The van der Waals surface area contributed by atoms with Gasteiger partial charge >= 0.3 is 12.1 Å². The molecule has 0 aliphatic carbocycles. The third kappa shape index (κ3) is 9.59. The number of benzene rings is 1. The van der Waals surface area contributed by atoms with Crippen LogP contribution in [0.1, 0.15) is 32.8 Å². The highest BCUT2D eigenvalue weighted by Crippen LogP contribution is 2.09. The van der Waals surface area contributed by atoms with E-state index in [9.17, 15) is 19.2 Å². The fraction of sp³-hybridized carbons (Fsp3) is 0.500. The molecule has 9 heteroatoms. The minimum absolute atomic E-state index is 0.0811. The number of nitrogens with one attached hydrogen (secondary N) is 3. The van der Waals surface area contributed by atoms with E-state index >= 15 is 0 Å². The van der Waals surface area contributed by atoms with Crippen molar-refractivity contribution in [2.45, 2.75) is 39.8 Å². The predicted molar refractivity (Wildman–Crippen MR) is 106 cm³/mol. The fourth-order valence-electron chi connectivity index (χ4n) is 2.32. The molecule has 1 aromatic carbocycles. The van der Waals surface area contributed by atoms with Gasteiger partial charge < -0.3 is 25.4 Å². The van der Waals surface area contributed by atoms with Crippen molar-refractivity contribution in [2.24, 2.45) is 5.92 Å². The molecule has 0 fully saturated rings. The number of ether oxygens (including phenoxy) is 2. The van der Waals surface area contributed by atoms with Gasteiger partial charge in [-0.15, -0.1) is 0 Å². The lowest BCUT2D eigenvalue weighted by molar-refractivity contribution is -0.143. The Bertz CT molecular complexity index is 680. The van der Waals surface area contributed by atoms with Gasteiger partial charge in [0.15, 0.2) is 0 Å². The number of hydrogen-bond acceptors (Lipinski definition) is 6.